The summed E-state index contributed by atoms with van der Waals surface area (Å²) < 4.78 is 0. The molecule has 1 saturated heterocycles. The van der Waals surface area contributed by atoms with Gasteiger partial charge in [0.05, 0.1) is 0 Å². The number of carboxylic acid groups (broad SMARTS) is 1. The van der Waals surface area contributed by atoms with Crippen LogP contribution in [0.1, 0.15) is 65.2 Å². The molecule has 1 heterocycles. The Morgan fingerprint density at radius 2 is 2.22 bits per heavy atom. The molecule has 0 aliphatic carbocycles. The fraction of sp³-hybridized carbons (Fsp3) is 0.933. The zero-order valence-corrected chi connectivity index (χ0v) is 12.0. The second kappa shape index (κ2) is 8.52. The molecule has 0 bridgehead atoms. The van der Waals surface area contributed by atoms with E-state index >= 15 is 0 Å². The molecule has 1 N–H and O–H groups in total. The highest BCUT2D eigenvalue weighted by Gasteiger charge is 2.23. The van der Waals surface area contributed by atoms with Crippen LogP contribution in [0.4, 0.5) is 0 Å². The summed E-state index contributed by atoms with van der Waals surface area (Å²) in [7, 11) is 0. The number of carbonyl (C=O) groups is 1. The van der Waals surface area contributed by atoms with Crippen molar-refractivity contribution >= 4 is 5.97 Å². The predicted molar refractivity (Wildman–Crippen MR) is 74.8 cm³/mol. The number of piperidine rings is 1. The molecule has 0 spiro atoms. The summed E-state index contributed by atoms with van der Waals surface area (Å²) in [5.74, 6) is -0.0495. The van der Waals surface area contributed by atoms with Gasteiger partial charge in [-0.2, -0.15) is 0 Å². The maximum absolute atomic E-state index is 10.6. The molecule has 18 heavy (non-hydrogen) atoms. The van der Waals surface area contributed by atoms with Crippen LogP contribution in [0.3, 0.4) is 0 Å². The lowest BCUT2D eigenvalue weighted by Gasteiger charge is -2.37. The smallest absolute Gasteiger partial charge is 0.303 e. The van der Waals surface area contributed by atoms with Crippen molar-refractivity contribution in [3.63, 3.8) is 0 Å². The van der Waals surface area contributed by atoms with Gasteiger partial charge < -0.3 is 10.0 Å². The van der Waals surface area contributed by atoms with E-state index in [1.54, 1.807) is 0 Å². The standard InChI is InChI=1S/C15H29NO2/c1-3-4-5-7-13(2)16-11-6-8-14(12-16)9-10-15(17)18/h13-14H,3-12H2,1-2H3,(H,17,18). The summed E-state index contributed by atoms with van der Waals surface area (Å²) in [5.41, 5.74) is 0. The van der Waals surface area contributed by atoms with Crippen molar-refractivity contribution in [1.29, 1.82) is 0 Å². The van der Waals surface area contributed by atoms with E-state index in [1.807, 2.05) is 0 Å². The van der Waals surface area contributed by atoms with Gasteiger partial charge in [-0.15, -0.1) is 0 Å². The van der Waals surface area contributed by atoms with Crippen LogP contribution in [0.2, 0.25) is 0 Å². The van der Waals surface area contributed by atoms with Crippen LogP contribution in [0.15, 0.2) is 0 Å². The number of likely N-dealkylation sites (tertiary alicyclic amines) is 1. The molecule has 2 atom stereocenters. The number of carboxylic acids is 1. The molecule has 0 saturated carbocycles. The van der Waals surface area contributed by atoms with E-state index < -0.39 is 5.97 Å². The lowest BCUT2D eigenvalue weighted by Crippen LogP contribution is -2.41. The Bertz CT molecular complexity index is 243. The van der Waals surface area contributed by atoms with E-state index in [9.17, 15) is 4.79 Å². The largest absolute Gasteiger partial charge is 0.481 e. The average Bonchev–Trinajstić information content (AvgIpc) is 2.37. The minimum atomic E-state index is -0.650. The third-order valence-corrected chi connectivity index (χ3v) is 4.17. The molecule has 0 aromatic carbocycles. The summed E-state index contributed by atoms with van der Waals surface area (Å²) in [6.07, 6.45) is 8.88. The van der Waals surface area contributed by atoms with Gasteiger partial charge in [0.1, 0.15) is 0 Å². The summed E-state index contributed by atoms with van der Waals surface area (Å²) in [4.78, 5) is 13.2. The Hall–Kier alpha value is -0.570. The Morgan fingerprint density at radius 1 is 1.44 bits per heavy atom. The third-order valence-electron chi connectivity index (χ3n) is 4.17. The first-order valence-electron chi connectivity index (χ1n) is 7.59. The minimum Gasteiger partial charge on any atom is -0.481 e. The fourth-order valence-electron chi connectivity index (χ4n) is 2.93. The summed E-state index contributed by atoms with van der Waals surface area (Å²) >= 11 is 0. The van der Waals surface area contributed by atoms with E-state index in [1.165, 1.54) is 45.1 Å². The van der Waals surface area contributed by atoms with Crippen LogP contribution >= 0.6 is 0 Å². The Balaban J connectivity index is 2.26. The van der Waals surface area contributed by atoms with Crippen molar-refractivity contribution in [2.45, 2.75) is 71.3 Å². The Labute approximate surface area is 112 Å². The minimum absolute atomic E-state index is 0.336. The SMILES string of the molecule is CCCCCC(C)N1CCCC(CCC(=O)O)C1. The van der Waals surface area contributed by atoms with Crippen LogP contribution in [0.5, 0.6) is 0 Å². The van der Waals surface area contributed by atoms with Crippen LogP contribution in [-0.2, 0) is 4.79 Å². The molecular formula is C15H29NO2. The topological polar surface area (TPSA) is 40.5 Å². The Morgan fingerprint density at radius 3 is 2.89 bits per heavy atom. The summed E-state index contributed by atoms with van der Waals surface area (Å²) in [6.45, 7) is 6.89. The van der Waals surface area contributed by atoms with Gasteiger partial charge in [0.2, 0.25) is 0 Å². The second-order valence-electron chi connectivity index (χ2n) is 5.78. The van der Waals surface area contributed by atoms with Gasteiger partial charge in [0.25, 0.3) is 0 Å². The van der Waals surface area contributed by atoms with E-state index in [-0.39, 0.29) is 0 Å². The predicted octanol–water partition coefficient (Wildman–Crippen LogP) is 3.53. The Kier molecular flexibility index (Phi) is 7.33. The normalized spacial score (nSPS) is 22.9. The lowest BCUT2D eigenvalue weighted by molar-refractivity contribution is -0.137. The van der Waals surface area contributed by atoms with E-state index in [2.05, 4.69) is 18.7 Å². The van der Waals surface area contributed by atoms with Crippen molar-refractivity contribution in [2.24, 2.45) is 5.92 Å². The highest BCUT2D eigenvalue weighted by molar-refractivity contribution is 5.66. The molecule has 1 fully saturated rings. The zero-order valence-electron chi connectivity index (χ0n) is 12.0. The molecule has 3 heteroatoms. The van der Waals surface area contributed by atoms with Crippen LogP contribution < -0.4 is 0 Å². The number of nitrogens with zero attached hydrogens (tertiary/aromatic N) is 1. The molecule has 1 aliphatic heterocycles. The summed E-state index contributed by atoms with van der Waals surface area (Å²) in [6, 6.07) is 0.671. The van der Waals surface area contributed by atoms with Gasteiger partial charge in [0, 0.05) is 19.0 Å². The van der Waals surface area contributed by atoms with Gasteiger partial charge in [-0.1, -0.05) is 26.2 Å². The van der Waals surface area contributed by atoms with E-state index in [4.69, 9.17) is 5.11 Å². The first kappa shape index (κ1) is 15.5. The molecule has 3 nitrogen and oxygen atoms in total. The number of hydrogen-bond acceptors (Lipinski definition) is 2. The molecule has 1 rings (SSSR count). The maximum Gasteiger partial charge on any atom is 0.303 e. The van der Waals surface area contributed by atoms with E-state index in [0.717, 1.165) is 13.0 Å². The molecule has 106 valence electrons. The fourth-order valence-corrected chi connectivity index (χ4v) is 2.93. The van der Waals surface area contributed by atoms with Gasteiger partial charge in [0.15, 0.2) is 0 Å². The van der Waals surface area contributed by atoms with Crippen molar-refractivity contribution in [3.05, 3.63) is 0 Å². The van der Waals surface area contributed by atoms with Crippen LogP contribution in [0.25, 0.3) is 0 Å². The highest BCUT2D eigenvalue weighted by Crippen LogP contribution is 2.24. The monoisotopic (exact) mass is 255 g/mol. The first-order chi connectivity index (χ1) is 8.63. The second-order valence-corrected chi connectivity index (χ2v) is 5.78. The highest BCUT2D eigenvalue weighted by atomic mass is 16.4. The molecular weight excluding hydrogens is 226 g/mol. The van der Waals surface area contributed by atoms with Crippen LogP contribution in [-0.4, -0.2) is 35.1 Å². The van der Waals surface area contributed by atoms with Gasteiger partial charge in [-0.3, -0.25) is 4.79 Å². The molecule has 1 aliphatic rings. The number of hydrogen-bond donors (Lipinski definition) is 1. The molecule has 2 unspecified atom stereocenters. The van der Waals surface area contributed by atoms with E-state index in [0.29, 0.717) is 18.4 Å². The van der Waals surface area contributed by atoms with Crippen LogP contribution in [0, 0.1) is 5.92 Å². The molecule has 0 aromatic heterocycles. The van der Waals surface area contributed by atoms with Gasteiger partial charge in [-0.05, 0) is 45.1 Å². The quantitative estimate of drug-likeness (QED) is 0.674. The molecule has 0 aromatic rings. The maximum atomic E-state index is 10.6. The average molecular weight is 255 g/mol. The number of rotatable bonds is 8. The third kappa shape index (κ3) is 5.85. The van der Waals surface area contributed by atoms with Crippen molar-refractivity contribution < 1.29 is 9.90 Å². The van der Waals surface area contributed by atoms with Gasteiger partial charge >= 0.3 is 5.97 Å². The van der Waals surface area contributed by atoms with Crippen molar-refractivity contribution in [1.82, 2.24) is 4.90 Å². The lowest BCUT2D eigenvalue weighted by atomic mass is 9.92. The summed E-state index contributed by atoms with van der Waals surface area (Å²) in [5, 5.41) is 8.75. The van der Waals surface area contributed by atoms with Gasteiger partial charge in [-0.25, -0.2) is 0 Å². The van der Waals surface area contributed by atoms with Crippen molar-refractivity contribution in [2.75, 3.05) is 13.1 Å². The molecule has 0 amide bonds. The zero-order chi connectivity index (χ0) is 13.4. The molecule has 0 radical (unpaired) electrons. The first-order valence-corrected chi connectivity index (χ1v) is 7.59. The van der Waals surface area contributed by atoms with Crippen molar-refractivity contribution in [3.8, 4) is 0 Å². The number of aliphatic carboxylic acids is 1. The number of unbranched alkanes of at least 4 members (excludes halogenated alkanes) is 2.